The number of hydrogen-bond donors (Lipinski definition) is 2. The molecular weight excluding hydrogens is 210 g/mol. The van der Waals surface area contributed by atoms with Crippen molar-refractivity contribution in [3.8, 4) is 0 Å². The van der Waals surface area contributed by atoms with Gasteiger partial charge in [-0.05, 0) is 67.9 Å². The number of aryl methyl sites for hydroxylation is 3. The Hall–Kier alpha value is -1.28. The number of aromatic amines is 1. The van der Waals surface area contributed by atoms with Gasteiger partial charge in [-0.15, -0.1) is 0 Å². The average molecular weight is 229 g/mol. The summed E-state index contributed by atoms with van der Waals surface area (Å²) in [5.74, 6) is 0. The monoisotopic (exact) mass is 229 g/mol. The third kappa shape index (κ3) is 1.98. The average Bonchev–Trinajstić information content (AvgIpc) is 2.88. The van der Waals surface area contributed by atoms with Crippen molar-refractivity contribution >= 4 is 10.9 Å². The Bertz CT molecular complexity index is 539. The second-order valence-corrected chi connectivity index (χ2v) is 5.22. The van der Waals surface area contributed by atoms with Crippen molar-refractivity contribution in [3.05, 3.63) is 35.0 Å². The van der Waals surface area contributed by atoms with Gasteiger partial charge in [-0.1, -0.05) is 0 Å². The summed E-state index contributed by atoms with van der Waals surface area (Å²) in [6.07, 6.45) is 7.43. The first-order chi connectivity index (χ1) is 8.24. The highest BCUT2D eigenvalue weighted by atomic mass is 16.3. The first kappa shape index (κ1) is 10.8. The van der Waals surface area contributed by atoms with E-state index in [4.69, 9.17) is 0 Å². The zero-order valence-electron chi connectivity index (χ0n) is 10.3. The van der Waals surface area contributed by atoms with Crippen molar-refractivity contribution in [2.45, 2.75) is 45.1 Å². The molecule has 0 saturated heterocycles. The van der Waals surface area contributed by atoms with E-state index in [2.05, 4.69) is 23.3 Å². The molecule has 0 amide bonds. The molecule has 0 fully saturated rings. The number of hydrogen-bond acceptors (Lipinski definition) is 1. The Balaban J connectivity index is 1.97. The van der Waals surface area contributed by atoms with Crippen LogP contribution in [0.4, 0.5) is 0 Å². The molecule has 17 heavy (non-hydrogen) atoms. The Morgan fingerprint density at radius 2 is 2.06 bits per heavy atom. The van der Waals surface area contributed by atoms with E-state index >= 15 is 0 Å². The zero-order valence-corrected chi connectivity index (χ0v) is 10.3. The fourth-order valence-electron chi connectivity index (χ4n) is 2.82. The molecule has 2 aromatic rings. The van der Waals surface area contributed by atoms with Crippen LogP contribution < -0.4 is 0 Å². The highest BCUT2D eigenvalue weighted by molar-refractivity contribution is 5.85. The van der Waals surface area contributed by atoms with E-state index in [1.165, 1.54) is 46.9 Å². The summed E-state index contributed by atoms with van der Waals surface area (Å²) in [5, 5.41) is 10.7. The van der Waals surface area contributed by atoms with Crippen LogP contribution in [0.5, 0.6) is 0 Å². The van der Waals surface area contributed by atoms with Gasteiger partial charge in [0.05, 0.1) is 6.10 Å². The minimum absolute atomic E-state index is 0.214. The van der Waals surface area contributed by atoms with Crippen LogP contribution in [-0.2, 0) is 19.3 Å². The Labute approximate surface area is 102 Å². The van der Waals surface area contributed by atoms with Crippen LogP contribution in [0.25, 0.3) is 10.9 Å². The Morgan fingerprint density at radius 3 is 2.82 bits per heavy atom. The van der Waals surface area contributed by atoms with Gasteiger partial charge in [0, 0.05) is 17.1 Å². The van der Waals surface area contributed by atoms with Crippen LogP contribution in [0.15, 0.2) is 18.3 Å². The van der Waals surface area contributed by atoms with Crippen molar-refractivity contribution in [3.63, 3.8) is 0 Å². The summed E-state index contributed by atoms with van der Waals surface area (Å²) in [4.78, 5) is 3.36. The van der Waals surface area contributed by atoms with Gasteiger partial charge < -0.3 is 10.1 Å². The van der Waals surface area contributed by atoms with Gasteiger partial charge in [-0.25, -0.2) is 0 Å². The Kier molecular flexibility index (Phi) is 2.67. The van der Waals surface area contributed by atoms with E-state index in [1.807, 2.05) is 6.92 Å². The lowest BCUT2D eigenvalue weighted by Gasteiger charge is -2.04. The van der Waals surface area contributed by atoms with Gasteiger partial charge in [-0.3, -0.25) is 0 Å². The van der Waals surface area contributed by atoms with Gasteiger partial charge in [0.2, 0.25) is 0 Å². The minimum atomic E-state index is -0.214. The predicted octanol–water partition coefficient (Wildman–Crippen LogP) is 2.97. The van der Waals surface area contributed by atoms with Gasteiger partial charge in [0.1, 0.15) is 0 Å². The summed E-state index contributed by atoms with van der Waals surface area (Å²) in [6.45, 7) is 1.85. The van der Waals surface area contributed by atoms with Crippen LogP contribution >= 0.6 is 0 Å². The zero-order chi connectivity index (χ0) is 11.8. The van der Waals surface area contributed by atoms with Crippen molar-refractivity contribution in [1.29, 1.82) is 0 Å². The molecule has 0 saturated carbocycles. The molecule has 2 nitrogen and oxygen atoms in total. The molecule has 1 aromatic carbocycles. The van der Waals surface area contributed by atoms with E-state index < -0.39 is 0 Å². The van der Waals surface area contributed by atoms with E-state index in [0.717, 1.165) is 12.8 Å². The maximum atomic E-state index is 9.37. The van der Waals surface area contributed by atoms with Crippen LogP contribution in [0.1, 0.15) is 36.5 Å². The highest BCUT2D eigenvalue weighted by Crippen LogP contribution is 2.29. The summed E-state index contributed by atoms with van der Waals surface area (Å²) in [7, 11) is 0. The molecule has 90 valence electrons. The first-order valence-corrected chi connectivity index (χ1v) is 6.54. The third-order valence-electron chi connectivity index (χ3n) is 3.81. The molecule has 0 radical (unpaired) electrons. The topological polar surface area (TPSA) is 36.0 Å². The minimum Gasteiger partial charge on any atom is -0.393 e. The van der Waals surface area contributed by atoms with Crippen LogP contribution in [0.3, 0.4) is 0 Å². The van der Waals surface area contributed by atoms with Crippen LogP contribution in [0, 0.1) is 0 Å². The predicted molar refractivity (Wildman–Crippen MR) is 70.3 cm³/mol. The summed E-state index contributed by atoms with van der Waals surface area (Å²) in [5.41, 5.74) is 5.64. The molecule has 1 aromatic heterocycles. The molecule has 1 unspecified atom stereocenters. The number of rotatable bonds is 3. The van der Waals surface area contributed by atoms with E-state index in [-0.39, 0.29) is 6.10 Å². The number of nitrogens with one attached hydrogen (secondary N) is 1. The quantitative estimate of drug-likeness (QED) is 0.834. The van der Waals surface area contributed by atoms with Crippen molar-refractivity contribution in [1.82, 2.24) is 4.98 Å². The van der Waals surface area contributed by atoms with E-state index in [1.54, 1.807) is 0 Å². The molecule has 0 spiro atoms. The number of aromatic nitrogens is 1. The second kappa shape index (κ2) is 4.19. The van der Waals surface area contributed by atoms with Gasteiger partial charge in [-0.2, -0.15) is 0 Å². The van der Waals surface area contributed by atoms with Crippen molar-refractivity contribution < 1.29 is 5.11 Å². The molecule has 2 heteroatoms. The number of benzene rings is 1. The van der Waals surface area contributed by atoms with E-state index in [9.17, 15) is 5.11 Å². The SMILES string of the molecule is CC(O)CCc1c[nH]c2cc3c(cc12)CCC3. The molecule has 3 rings (SSSR count). The van der Waals surface area contributed by atoms with Crippen LogP contribution in [0.2, 0.25) is 0 Å². The highest BCUT2D eigenvalue weighted by Gasteiger charge is 2.14. The van der Waals surface area contributed by atoms with Crippen molar-refractivity contribution in [2.75, 3.05) is 0 Å². The summed E-state index contributed by atoms with van der Waals surface area (Å²) >= 11 is 0. The molecular formula is C15H19NO. The molecule has 0 aliphatic heterocycles. The molecule has 1 aliphatic carbocycles. The second-order valence-electron chi connectivity index (χ2n) is 5.22. The lowest BCUT2D eigenvalue weighted by molar-refractivity contribution is 0.185. The fourth-order valence-corrected chi connectivity index (χ4v) is 2.82. The molecule has 2 N–H and O–H groups in total. The largest absolute Gasteiger partial charge is 0.393 e. The first-order valence-electron chi connectivity index (χ1n) is 6.54. The number of aliphatic hydroxyl groups is 1. The number of H-pyrrole nitrogens is 1. The molecule has 1 aliphatic rings. The molecule has 1 atom stereocenters. The lowest BCUT2D eigenvalue weighted by Crippen LogP contribution is -2.00. The van der Waals surface area contributed by atoms with Gasteiger partial charge in [0.15, 0.2) is 0 Å². The van der Waals surface area contributed by atoms with E-state index in [0.29, 0.717) is 0 Å². The smallest absolute Gasteiger partial charge is 0.0515 e. The third-order valence-corrected chi connectivity index (χ3v) is 3.81. The maximum absolute atomic E-state index is 9.37. The number of fused-ring (bicyclic) bond motifs is 2. The summed E-state index contributed by atoms with van der Waals surface area (Å²) in [6, 6.07) is 4.66. The number of aliphatic hydroxyl groups excluding tert-OH is 1. The Morgan fingerprint density at radius 1 is 1.29 bits per heavy atom. The normalized spacial score (nSPS) is 16.4. The van der Waals surface area contributed by atoms with Gasteiger partial charge in [0.25, 0.3) is 0 Å². The van der Waals surface area contributed by atoms with Crippen LogP contribution in [-0.4, -0.2) is 16.2 Å². The molecule has 1 heterocycles. The van der Waals surface area contributed by atoms with Gasteiger partial charge >= 0.3 is 0 Å². The van der Waals surface area contributed by atoms with Crippen molar-refractivity contribution in [2.24, 2.45) is 0 Å². The fraction of sp³-hybridized carbons (Fsp3) is 0.467. The standard InChI is InChI=1S/C15H19NO/c1-10(17)5-6-13-9-16-15-8-12-4-2-3-11(12)7-14(13)15/h7-10,16-17H,2-6H2,1H3. The summed E-state index contributed by atoms with van der Waals surface area (Å²) < 4.78 is 0. The maximum Gasteiger partial charge on any atom is 0.0515 e. The lowest BCUT2D eigenvalue weighted by atomic mass is 10.0. The molecule has 0 bridgehead atoms.